The first kappa shape index (κ1) is 14.1. The number of alkyl carbamates (subject to hydrolysis) is 1. The van der Waals surface area contributed by atoms with Crippen LogP contribution in [0.2, 0.25) is 0 Å². The molecule has 0 radical (unpaired) electrons. The van der Waals surface area contributed by atoms with Gasteiger partial charge in [-0.1, -0.05) is 6.07 Å². The molecule has 3 N–H and O–H groups in total. The number of fused-ring (bicyclic) bond motifs is 1. The maximum absolute atomic E-state index is 11.7. The van der Waals surface area contributed by atoms with Gasteiger partial charge in [0.2, 0.25) is 0 Å². The largest absolute Gasteiger partial charge is 0.444 e. The van der Waals surface area contributed by atoms with Crippen molar-refractivity contribution >= 4 is 22.6 Å². The molecule has 106 valence electrons. The molecule has 5 nitrogen and oxygen atoms in total. The average Bonchev–Trinajstić information content (AvgIpc) is 2.36. The lowest BCUT2D eigenvalue weighted by molar-refractivity contribution is 0.0524. The van der Waals surface area contributed by atoms with Gasteiger partial charge in [-0.2, -0.15) is 0 Å². The number of nitrogens with zero attached hydrogens (tertiary/aromatic N) is 1. The van der Waals surface area contributed by atoms with Gasteiger partial charge in [-0.3, -0.25) is 4.98 Å². The van der Waals surface area contributed by atoms with E-state index in [0.29, 0.717) is 12.2 Å². The van der Waals surface area contributed by atoms with Crippen LogP contribution in [0, 0.1) is 0 Å². The minimum Gasteiger partial charge on any atom is -0.444 e. The highest BCUT2D eigenvalue weighted by molar-refractivity contribution is 5.94. The topological polar surface area (TPSA) is 77.2 Å². The van der Waals surface area contributed by atoms with Crippen LogP contribution in [-0.4, -0.2) is 16.7 Å². The molecule has 2 aromatic rings. The molecule has 0 atom stereocenters. The Hall–Kier alpha value is -2.30. The van der Waals surface area contributed by atoms with Crippen molar-refractivity contribution in [3.63, 3.8) is 0 Å². The lowest BCUT2D eigenvalue weighted by atomic mass is 10.1. The summed E-state index contributed by atoms with van der Waals surface area (Å²) < 4.78 is 5.21. The molecule has 1 aromatic heterocycles. The van der Waals surface area contributed by atoms with E-state index in [4.69, 9.17) is 10.5 Å². The van der Waals surface area contributed by atoms with Gasteiger partial charge in [0.15, 0.2) is 0 Å². The number of benzene rings is 1. The molecule has 0 aliphatic carbocycles. The van der Waals surface area contributed by atoms with Gasteiger partial charge in [-0.15, -0.1) is 0 Å². The Morgan fingerprint density at radius 2 is 2.05 bits per heavy atom. The number of nitrogens with one attached hydrogen (secondary N) is 1. The number of carbonyl (C=O) groups is 1. The predicted octanol–water partition coefficient (Wildman–Crippen LogP) is 2.84. The van der Waals surface area contributed by atoms with Crippen molar-refractivity contribution in [3.8, 4) is 0 Å². The summed E-state index contributed by atoms with van der Waals surface area (Å²) in [5.41, 5.74) is 7.06. The molecule has 0 aliphatic rings. The number of nitrogens with two attached hydrogens (primary N) is 1. The first-order valence-corrected chi connectivity index (χ1v) is 6.45. The molecule has 0 bridgehead atoms. The zero-order valence-corrected chi connectivity index (χ0v) is 11.9. The van der Waals surface area contributed by atoms with Gasteiger partial charge in [0.25, 0.3) is 0 Å². The summed E-state index contributed by atoms with van der Waals surface area (Å²) in [5.74, 6) is 0. The summed E-state index contributed by atoms with van der Waals surface area (Å²) in [5, 5.41) is 4.61. The fraction of sp³-hybridized carbons (Fsp3) is 0.333. The molecule has 0 fully saturated rings. The van der Waals surface area contributed by atoms with E-state index in [1.807, 2.05) is 39.0 Å². The van der Waals surface area contributed by atoms with Crippen molar-refractivity contribution in [2.45, 2.75) is 32.9 Å². The molecule has 0 unspecified atom stereocenters. The van der Waals surface area contributed by atoms with E-state index in [0.717, 1.165) is 16.3 Å². The van der Waals surface area contributed by atoms with Crippen LogP contribution in [-0.2, 0) is 11.3 Å². The lowest BCUT2D eigenvalue weighted by Gasteiger charge is -2.20. The Labute approximate surface area is 118 Å². The molecule has 0 aliphatic heterocycles. The number of hydrogen-bond donors (Lipinski definition) is 2. The van der Waals surface area contributed by atoms with Crippen molar-refractivity contribution in [3.05, 3.63) is 36.2 Å². The maximum atomic E-state index is 11.7. The van der Waals surface area contributed by atoms with E-state index >= 15 is 0 Å². The van der Waals surface area contributed by atoms with Crippen LogP contribution in [0.3, 0.4) is 0 Å². The number of carbonyl (C=O) groups excluding carboxylic acids is 1. The Morgan fingerprint density at radius 1 is 1.30 bits per heavy atom. The Balaban J connectivity index is 2.15. The van der Waals surface area contributed by atoms with Crippen molar-refractivity contribution in [1.29, 1.82) is 0 Å². The number of ether oxygens (including phenoxy) is 1. The lowest BCUT2D eigenvalue weighted by Crippen LogP contribution is -2.32. The van der Waals surface area contributed by atoms with E-state index < -0.39 is 11.7 Å². The number of rotatable bonds is 2. The van der Waals surface area contributed by atoms with E-state index in [1.54, 1.807) is 12.4 Å². The standard InChI is InChI=1S/C15H19N3O2/c1-15(2,3)20-14(19)18-8-10-4-5-13(16)12-9-17-7-6-11(10)12/h4-7,9H,8,16H2,1-3H3,(H,18,19). The number of aromatic nitrogens is 1. The average molecular weight is 273 g/mol. The van der Waals surface area contributed by atoms with Gasteiger partial charge < -0.3 is 15.8 Å². The van der Waals surface area contributed by atoms with Gasteiger partial charge in [0.1, 0.15) is 5.60 Å². The van der Waals surface area contributed by atoms with Crippen LogP contribution in [0.5, 0.6) is 0 Å². The molecule has 0 saturated carbocycles. The third kappa shape index (κ3) is 3.38. The maximum Gasteiger partial charge on any atom is 0.407 e. The van der Waals surface area contributed by atoms with Crippen molar-refractivity contribution in [2.75, 3.05) is 5.73 Å². The van der Waals surface area contributed by atoms with E-state index in [9.17, 15) is 4.79 Å². The van der Waals surface area contributed by atoms with Crippen LogP contribution >= 0.6 is 0 Å². The molecular formula is C15H19N3O2. The minimum absolute atomic E-state index is 0.385. The molecule has 1 heterocycles. The molecule has 0 spiro atoms. The second-order valence-corrected chi connectivity index (χ2v) is 5.59. The molecule has 2 rings (SSSR count). The Bertz CT molecular complexity index is 633. The quantitative estimate of drug-likeness (QED) is 0.825. The van der Waals surface area contributed by atoms with Crippen molar-refractivity contribution in [1.82, 2.24) is 10.3 Å². The monoisotopic (exact) mass is 273 g/mol. The van der Waals surface area contributed by atoms with Gasteiger partial charge in [-0.05, 0) is 43.9 Å². The third-order valence-corrected chi connectivity index (χ3v) is 2.76. The second kappa shape index (κ2) is 5.36. The second-order valence-electron chi connectivity index (χ2n) is 5.59. The van der Waals surface area contributed by atoms with Crippen LogP contribution in [0.25, 0.3) is 10.8 Å². The van der Waals surface area contributed by atoms with Gasteiger partial charge in [-0.25, -0.2) is 4.79 Å². The summed E-state index contributed by atoms with van der Waals surface area (Å²) in [7, 11) is 0. The Kier molecular flexibility index (Phi) is 3.79. The number of amides is 1. The van der Waals surface area contributed by atoms with Crippen LogP contribution < -0.4 is 11.1 Å². The van der Waals surface area contributed by atoms with Gasteiger partial charge in [0.05, 0.1) is 0 Å². The summed E-state index contributed by atoms with van der Waals surface area (Å²) in [6, 6.07) is 5.60. The summed E-state index contributed by atoms with van der Waals surface area (Å²) in [6.07, 6.45) is 3.00. The van der Waals surface area contributed by atoms with Crippen molar-refractivity contribution in [2.24, 2.45) is 0 Å². The highest BCUT2D eigenvalue weighted by Gasteiger charge is 2.16. The summed E-state index contributed by atoms with van der Waals surface area (Å²) >= 11 is 0. The zero-order valence-electron chi connectivity index (χ0n) is 11.9. The van der Waals surface area contributed by atoms with Crippen molar-refractivity contribution < 1.29 is 9.53 Å². The molecule has 0 saturated heterocycles. The highest BCUT2D eigenvalue weighted by Crippen LogP contribution is 2.23. The molecule has 1 aromatic carbocycles. The smallest absolute Gasteiger partial charge is 0.407 e. The van der Waals surface area contributed by atoms with E-state index in [1.165, 1.54) is 0 Å². The SMILES string of the molecule is CC(C)(C)OC(=O)NCc1ccc(N)c2cnccc12. The first-order chi connectivity index (χ1) is 9.37. The summed E-state index contributed by atoms with van der Waals surface area (Å²) in [4.78, 5) is 15.7. The fourth-order valence-corrected chi connectivity index (χ4v) is 1.91. The van der Waals surface area contributed by atoms with Crippen LogP contribution in [0.15, 0.2) is 30.6 Å². The molecule has 20 heavy (non-hydrogen) atoms. The van der Waals surface area contributed by atoms with E-state index in [2.05, 4.69) is 10.3 Å². The third-order valence-electron chi connectivity index (χ3n) is 2.76. The van der Waals surface area contributed by atoms with Gasteiger partial charge >= 0.3 is 6.09 Å². The van der Waals surface area contributed by atoms with E-state index in [-0.39, 0.29) is 0 Å². The fourth-order valence-electron chi connectivity index (χ4n) is 1.91. The number of pyridine rings is 1. The van der Waals surface area contributed by atoms with Crippen LogP contribution in [0.1, 0.15) is 26.3 Å². The normalized spacial score (nSPS) is 11.3. The number of anilines is 1. The number of nitrogen functional groups attached to an aromatic ring is 1. The highest BCUT2D eigenvalue weighted by atomic mass is 16.6. The predicted molar refractivity (Wildman–Crippen MR) is 79.2 cm³/mol. The number of hydrogen-bond acceptors (Lipinski definition) is 4. The molecule has 1 amide bonds. The molecule has 5 heteroatoms. The Morgan fingerprint density at radius 3 is 2.75 bits per heavy atom. The molecular weight excluding hydrogens is 254 g/mol. The first-order valence-electron chi connectivity index (χ1n) is 6.45. The summed E-state index contributed by atoms with van der Waals surface area (Å²) in [6.45, 7) is 5.88. The zero-order chi connectivity index (χ0) is 14.8. The van der Waals surface area contributed by atoms with Gasteiger partial charge in [0, 0.05) is 30.0 Å². The minimum atomic E-state index is -0.503. The van der Waals surface area contributed by atoms with Crippen LogP contribution in [0.4, 0.5) is 10.5 Å².